The Morgan fingerprint density at radius 2 is 1.03 bits per heavy atom. The second kappa shape index (κ2) is 12.7. The van der Waals surface area contributed by atoms with Gasteiger partial charge < -0.3 is 20.1 Å². The lowest BCUT2D eigenvalue weighted by atomic mass is 10.2. The molecular weight excluding hydrogens is 412 g/mol. The van der Waals surface area contributed by atoms with Gasteiger partial charge in [0.1, 0.15) is 13.2 Å². The Hall–Kier alpha value is -3.94. The van der Waals surface area contributed by atoms with Gasteiger partial charge >= 0.3 is 11.9 Å². The maximum Gasteiger partial charge on any atom is 0.331 e. The zero-order chi connectivity index (χ0) is 23.3. The number of benzene rings is 2. The molecule has 0 heterocycles. The van der Waals surface area contributed by atoms with E-state index in [2.05, 4.69) is 10.6 Å². The van der Waals surface area contributed by atoms with Gasteiger partial charge in [0, 0.05) is 23.3 Å². The van der Waals surface area contributed by atoms with Crippen LogP contribution in [0.3, 0.4) is 0 Å². The largest absolute Gasteiger partial charge is 0.460 e. The van der Waals surface area contributed by atoms with Crippen molar-refractivity contribution < 1.29 is 28.7 Å². The molecule has 0 radical (unpaired) electrons. The first-order chi connectivity index (χ1) is 15.3. The number of esters is 2. The Balaban J connectivity index is 1.65. The van der Waals surface area contributed by atoms with Gasteiger partial charge in [-0.1, -0.05) is 36.4 Å². The number of carbonyl (C=O) groups is 4. The minimum absolute atomic E-state index is 0.0562. The van der Waals surface area contributed by atoms with Gasteiger partial charge in [-0.3, -0.25) is 9.59 Å². The van der Waals surface area contributed by atoms with Crippen molar-refractivity contribution in [2.75, 3.05) is 13.2 Å². The van der Waals surface area contributed by atoms with E-state index >= 15 is 0 Å². The number of amides is 2. The molecule has 8 nitrogen and oxygen atoms in total. The molecule has 8 heteroatoms. The van der Waals surface area contributed by atoms with Crippen LogP contribution in [0.15, 0.2) is 72.8 Å². The molecule has 0 aliphatic rings. The molecule has 2 atom stereocenters. The molecule has 0 spiro atoms. The van der Waals surface area contributed by atoms with Crippen LogP contribution in [-0.2, 0) is 19.1 Å². The summed E-state index contributed by atoms with van der Waals surface area (Å²) in [5.41, 5.74) is 1.00. The van der Waals surface area contributed by atoms with Gasteiger partial charge in [-0.15, -0.1) is 0 Å². The first-order valence-corrected chi connectivity index (χ1v) is 10.1. The van der Waals surface area contributed by atoms with E-state index in [1.807, 2.05) is 0 Å². The highest BCUT2D eigenvalue weighted by molar-refractivity contribution is 5.95. The molecule has 0 unspecified atom stereocenters. The molecule has 0 saturated carbocycles. The van der Waals surface area contributed by atoms with E-state index in [1.54, 1.807) is 74.5 Å². The summed E-state index contributed by atoms with van der Waals surface area (Å²) in [5, 5.41) is 5.42. The van der Waals surface area contributed by atoms with Crippen molar-refractivity contribution in [3.8, 4) is 0 Å². The van der Waals surface area contributed by atoms with E-state index in [1.165, 1.54) is 0 Å². The maximum absolute atomic E-state index is 12.0. The topological polar surface area (TPSA) is 111 Å². The van der Waals surface area contributed by atoms with Crippen LogP contribution in [0.2, 0.25) is 0 Å². The summed E-state index contributed by atoms with van der Waals surface area (Å²) in [6.07, 6.45) is 1.89. The molecule has 2 aromatic carbocycles. The van der Waals surface area contributed by atoms with Crippen LogP contribution < -0.4 is 10.6 Å². The Labute approximate surface area is 186 Å². The summed E-state index contributed by atoms with van der Waals surface area (Å²) < 4.78 is 10.0. The summed E-state index contributed by atoms with van der Waals surface area (Å²) in [6, 6.07) is 16.5. The van der Waals surface area contributed by atoms with E-state index in [-0.39, 0.29) is 25.0 Å². The molecule has 0 fully saturated rings. The molecule has 2 N–H and O–H groups in total. The number of nitrogens with one attached hydrogen (secondary N) is 2. The number of hydrogen-bond donors (Lipinski definition) is 2. The Kier molecular flexibility index (Phi) is 9.65. The third kappa shape index (κ3) is 8.83. The van der Waals surface area contributed by atoms with Gasteiger partial charge in [-0.2, -0.15) is 0 Å². The molecular formula is C24H26N2O6. The molecule has 0 aliphatic carbocycles. The third-order valence-corrected chi connectivity index (χ3v) is 4.13. The van der Waals surface area contributed by atoms with Crippen LogP contribution in [0.1, 0.15) is 34.6 Å². The summed E-state index contributed by atoms with van der Waals surface area (Å²) in [5.74, 6) is -2.04. The van der Waals surface area contributed by atoms with Crippen LogP contribution in [0.25, 0.3) is 0 Å². The Morgan fingerprint density at radius 1 is 0.688 bits per heavy atom. The molecule has 0 aliphatic heterocycles. The number of hydrogen-bond acceptors (Lipinski definition) is 6. The van der Waals surface area contributed by atoms with E-state index in [9.17, 15) is 19.2 Å². The number of rotatable bonds is 10. The summed E-state index contributed by atoms with van der Waals surface area (Å²) in [4.78, 5) is 47.6. The quantitative estimate of drug-likeness (QED) is 0.435. The van der Waals surface area contributed by atoms with Gasteiger partial charge in [0.2, 0.25) is 0 Å². The molecule has 168 valence electrons. The fraction of sp³-hybridized carbons (Fsp3) is 0.250. The summed E-state index contributed by atoms with van der Waals surface area (Å²) in [6.45, 7) is 3.27. The van der Waals surface area contributed by atoms with Crippen molar-refractivity contribution in [3.05, 3.63) is 83.9 Å². The number of carbonyl (C=O) groups excluding carboxylic acids is 4. The predicted octanol–water partition coefficient (Wildman–Crippen LogP) is 2.27. The fourth-order valence-corrected chi connectivity index (χ4v) is 2.52. The van der Waals surface area contributed by atoms with Crippen molar-refractivity contribution in [3.63, 3.8) is 0 Å². The van der Waals surface area contributed by atoms with E-state index < -0.39 is 24.0 Å². The van der Waals surface area contributed by atoms with Crippen molar-refractivity contribution >= 4 is 23.8 Å². The third-order valence-electron chi connectivity index (χ3n) is 4.13. The molecule has 2 rings (SSSR count). The summed E-state index contributed by atoms with van der Waals surface area (Å²) >= 11 is 0. The highest BCUT2D eigenvalue weighted by Crippen LogP contribution is 2.00. The second-order valence-electron chi connectivity index (χ2n) is 7.07. The number of ether oxygens (including phenoxy) is 2. The normalized spacial score (nSPS) is 12.4. The smallest absolute Gasteiger partial charge is 0.331 e. The Morgan fingerprint density at radius 3 is 1.38 bits per heavy atom. The minimum Gasteiger partial charge on any atom is -0.460 e. The highest BCUT2D eigenvalue weighted by Gasteiger charge is 2.12. The zero-order valence-electron chi connectivity index (χ0n) is 17.9. The molecule has 0 aromatic heterocycles. The first-order valence-electron chi connectivity index (χ1n) is 10.1. The molecule has 32 heavy (non-hydrogen) atoms. The van der Waals surface area contributed by atoms with Crippen molar-refractivity contribution in [2.45, 2.75) is 25.9 Å². The SMILES string of the molecule is C[C@@H](COC(=O)/C=C/C(=O)OC[C@H](C)NC(=O)c1ccccc1)NC(=O)c1ccccc1. The minimum atomic E-state index is -0.742. The second-order valence-corrected chi connectivity index (χ2v) is 7.07. The van der Waals surface area contributed by atoms with Crippen LogP contribution in [0, 0.1) is 0 Å². The lowest BCUT2D eigenvalue weighted by molar-refractivity contribution is -0.141. The monoisotopic (exact) mass is 438 g/mol. The lowest BCUT2D eigenvalue weighted by Crippen LogP contribution is -2.36. The van der Waals surface area contributed by atoms with E-state index in [0.29, 0.717) is 11.1 Å². The molecule has 0 saturated heterocycles. The standard InChI is InChI=1S/C24H26N2O6/c1-17(25-23(29)19-9-5-3-6-10-19)15-31-21(27)13-14-22(28)32-16-18(2)26-24(30)20-11-7-4-8-12-20/h3-14,17-18H,15-16H2,1-2H3,(H,25,29)(H,26,30)/b14-13+/t17-,18-/m0/s1. The fourth-order valence-electron chi connectivity index (χ4n) is 2.52. The van der Waals surface area contributed by atoms with Gasteiger partial charge in [0.15, 0.2) is 0 Å². The van der Waals surface area contributed by atoms with Crippen molar-refractivity contribution in [1.82, 2.24) is 10.6 Å². The summed E-state index contributed by atoms with van der Waals surface area (Å²) in [7, 11) is 0. The average Bonchev–Trinajstić information content (AvgIpc) is 2.81. The van der Waals surface area contributed by atoms with E-state index in [0.717, 1.165) is 12.2 Å². The molecule has 2 aromatic rings. The van der Waals surface area contributed by atoms with Gasteiger partial charge in [0.25, 0.3) is 11.8 Å². The van der Waals surface area contributed by atoms with Crippen LogP contribution in [0.4, 0.5) is 0 Å². The zero-order valence-corrected chi connectivity index (χ0v) is 17.9. The van der Waals surface area contributed by atoms with Gasteiger partial charge in [0.05, 0.1) is 12.1 Å². The van der Waals surface area contributed by atoms with Crippen molar-refractivity contribution in [2.24, 2.45) is 0 Å². The predicted molar refractivity (Wildman–Crippen MR) is 118 cm³/mol. The molecule has 0 bridgehead atoms. The average molecular weight is 438 g/mol. The first kappa shape index (κ1) is 24.3. The lowest BCUT2D eigenvalue weighted by Gasteiger charge is -2.14. The van der Waals surface area contributed by atoms with Crippen LogP contribution in [0.5, 0.6) is 0 Å². The van der Waals surface area contributed by atoms with Crippen LogP contribution in [-0.4, -0.2) is 49.1 Å². The van der Waals surface area contributed by atoms with Crippen molar-refractivity contribution in [1.29, 1.82) is 0 Å². The maximum atomic E-state index is 12.0. The molecule has 2 amide bonds. The highest BCUT2D eigenvalue weighted by atomic mass is 16.5. The van der Waals surface area contributed by atoms with Crippen LogP contribution >= 0.6 is 0 Å². The van der Waals surface area contributed by atoms with E-state index in [4.69, 9.17) is 9.47 Å². The van der Waals surface area contributed by atoms with Gasteiger partial charge in [-0.25, -0.2) is 9.59 Å². The Bertz CT molecular complexity index is 866. The van der Waals surface area contributed by atoms with Gasteiger partial charge in [-0.05, 0) is 38.1 Å².